The molecule has 9 heteroatoms. The molecular formula is C12H11N3O5S. The van der Waals surface area contributed by atoms with Crippen LogP contribution in [-0.2, 0) is 10.0 Å². The second-order valence-electron chi connectivity index (χ2n) is 4.15. The number of benzene rings is 1. The van der Waals surface area contributed by atoms with Crippen molar-refractivity contribution in [2.75, 3.05) is 4.72 Å². The number of anilines is 1. The van der Waals surface area contributed by atoms with Crippen LogP contribution >= 0.6 is 0 Å². The molecule has 0 aliphatic heterocycles. The Morgan fingerprint density at radius 2 is 2.00 bits per heavy atom. The molecule has 1 heterocycles. The number of H-pyrrole nitrogens is 1. The minimum absolute atomic E-state index is 0.0743. The molecule has 8 nitrogen and oxygen atoms in total. The van der Waals surface area contributed by atoms with E-state index in [0.717, 1.165) is 6.07 Å². The molecule has 0 unspecified atom stereocenters. The number of carboxylic acids is 1. The SMILES string of the molecule is Cc1c(C(=O)O)cccc1S(=O)(=O)Nc1ccc(=O)[nH]n1. The van der Waals surface area contributed by atoms with Crippen LogP contribution in [0.15, 0.2) is 40.0 Å². The Kier molecular flexibility index (Phi) is 3.76. The molecular weight excluding hydrogens is 298 g/mol. The summed E-state index contributed by atoms with van der Waals surface area (Å²) in [5, 5.41) is 14.6. The van der Waals surface area contributed by atoms with Crippen LogP contribution in [0.25, 0.3) is 0 Å². The lowest BCUT2D eigenvalue weighted by molar-refractivity contribution is 0.0696. The van der Waals surface area contributed by atoms with Crippen molar-refractivity contribution in [1.29, 1.82) is 0 Å². The zero-order chi connectivity index (χ0) is 15.6. The quantitative estimate of drug-likeness (QED) is 0.757. The number of aromatic nitrogens is 2. The van der Waals surface area contributed by atoms with Gasteiger partial charge in [0.05, 0.1) is 10.5 Å². The van der Waals surface area contributed by atoms with Gasteiger partial charge in [-0.2, -0.15) is 5.10 Å². The zero-order valence-corrected chi connectivity index (χ0v) is 11.6. The van der Waals surface area contributed by atoms with Crippen LogP contribution in [0.4, 0.5) is 5.82 Å². The summed E-state index contributed by atoms with van der Waals surface area (Å²) in [6.07, 6.45) is 0. The fourth-order valence-electron chi connectivity index (χ4n) is 1.73. The highest BCUT2D eigenvalue weighted by Crippen LogP contribution is 2.20. The molecule has 110 valence electrons. The number of hydrogen-bond donors (Lipinski definition) is 3. The van der Waals surface area contributed by atoms with Gasteiger partial charge >= 0.3 is 5.97 Å². The van der Waals surface area contributed by atoms with Crippen molar-refractivity contribution < 1.29 is 18.3 Å². The van der Waals surface area contributed by atoms with Gasteiger partial charge in [0.25, 0.3) is 15.6 Å². The lowest BCUT2D eigenvalue weighted by atomic mass is 10.1. The summed E-state index contributed by atoms with van der Waals surface area (Å²) < 4.78 is 26.7. The van der Waals surface area contributed by atoms with Crippen LogP contribution in [0.1, 0.15) is 15.9 Å². The van der Waals surface area contributed by atoms with Gasteiger partial charge in [-0.3, -0.25) is 9.52 Å². The predicted molar refractivity (Wildman–Crippen MR) is 73.8 cm³/mol. The van der Waals surface area contributed by atoms with Gasteiger partial charge in [0, 0.05) is 6.07 Å². The number of nitrogens with one attached hydrogen (secondary N) is 2. The summed E-state index contributed by atoms with van der Waals surface area (Å²) in [7, 11) is -4.01. The van der Waals surface area contributed by atoms with E-state index in [1.54, 1.807) is 0 Å². The Morgan fingerprint density at radius 1 is 1.29 bits per heavy atom. The van der Waals surface area contributed by atoms with Gasteiger partial charge in [0.15, 0.2) is 5.82 Å². The molecule has 0 bridgehead atoms. The monoisotopic (exact) mass is 309 g/mol. The van der Waals surface area contributed by atoms with Crippen LogP contribution in [-0.4, -0.2) is 29.7 Å². The van der Waals surface area contributed by atoms with E-state index < -0.39 is 21.6 Å². The normalized spacial score (nSPS) is 11.1. The van der Waals surface area contributed by atoms with Crippen LogP contribution < -0.4 is 10.3 Å². The maximum Gasteiger partial charge on any atom is 0.335 e. The molecule has 0 aliphatic rings. The fraction of sp³-hybridized carbons (Fsp3) is 0.0833. The first-order valence-electron chi connectivity index (χ1n) is 5.73. The first kappa shape index (κ1) is 14.7. The summed E-state index contributed by atoms with van der Waals surface area (Å²) in [5.41, 5.74) is -0.462. The molecule has 21 heavy (non-hydrogen) atoms. The first-order chi connectivity index (χ1) is 9.81. The van der Waals surface area contributed by atoms with E-state index in [0.29, 0.717) is 0 Å². The number of aromatic amines is 1. The molecule has 0 saturated carbocycles. The third-order valence-electron chi connectivity index (χ3n) is 2.72. The Labute approximate surface area is 119 Å². The number of rotatable bonds is 4. The summed E-state index contributed by atoms with van der Waals surface area (Å²) >= 11 is 0. The summed E-state index contributed by atoms with van der Waals surface area (Å²) in [4.78, 5) is 21.7. The van der Waals surface area contributed by atoms with Gasteiger partial charge in [-0.1, -0.05) is 6.07 Å². The fourth-order valence-corrected chi connectivity index (χ4v) is 3.00. The highest BCUT2D eigenvalue weighted by atomic mass is 32.2. The Balaban J connectivity index is 2.45. The van der Waals surface area contributed by atoms with Crippen LogP contribution in [0.3, 0.4) is 0 Å². The van der Waals surface area contributed by atoms with E-state index in [4.69, 9.17) is 5.11 Å². The molecule has 0 saturated heterocycles. The first-order valence-corrected chi connectivity index (χ1v) is 7.21. The molecule has 0 spiro atoms. The number of carboxylic acid groups (broad SMARTS) is 1. The molecule has 1 aromatic carbocycles. The second-order valence-corrected chi connectivity index (χ2v) is 5.80. The molecule has 1 aromatic heterocycles. The van der Waals surface area contributed by atoms with Gasteiger partial charge in [0.1, 0.15) is 0 Å². The average molecular weight is 309 g/mol. The second kappa shape index (κ2) is 5.37. The molecule has 2 rings (SSSR count). The van der Waals surface area contributed by atoms with Gasteiger partial charge < -0.3 is 5.11 Å². The molecule has 2 aromatic rings. The molecule has 0 atom stereocenters. The lowest BCUT2D eigenvalue weighted by Crippen LogP contribution is -2.18. The van der Waals surface area contributed by atoms with E-state index in [-0.39, 0.29) is 21.8 Å². The van der Waals surface area contributed by atoms with Crippen molar-refractivity contribution in [2.24, 2.45) is 0 Å². The number of nitrogens with zero attached hydrogens (tertiary/aromatic N) is 1. The van der Waals surface area contributed by atoms with E-state index in [9.17, 15) is 18.0 Å². The number of sulfonamides is 1. The van der Waals surface area contributed by atoms with Crippen molar-refractivity contribution in [3.8, 4) is 0 Å². The third kappa shape index (κ3) is 3.08. The number of carbonyl (C=O) groups is 1. The standard InChI is InChI=1S/C12H11N3O5S/c1-7-8(12(17)18)3-2-4-9(7)21(19,20)15-10-5-6-11(16)14-13-10/h2-6H,1H3,(H,13,15)(H,14,16)(H,17,18). The van der Waals surface area contributed by atoms with Crippen molar-refractivity contribution in [2.45, 2.75) is 11.8 Å². The van der Waals surface area contributed by atoms with Crippen molar-refractivity contribution in [1.82, 2.24) is 10.2 Å². The summed E-state index contributed by atoms with van der Waals surface area (Å²) in [5.74, 6) is -1.29. The highest BCUT2D eigenvalue weighted by molar-refractivity contribution is 7.92. The predicted octanol–water partition coefficient (Wildman–Crippen LogP) is 0.577. The molecule has 0 radical (unpaired) electrons. The minimum atomic E-state index is -4.01. The highest BCUT2D eigenvalue weighted by Gasteiger charge is 2.21. The number of hydrogen-bond acceptors (Lipinski definition) is 5. The zero-order valence-electron chi connectivity index (χ0n) is 10.8. The number of aromatic carboxylic acids is 1. The summed E-state index contributed by atoms with van der Waals surface area (Å²) in [6.45, 7) is 1.40. The largest absolute Gasteiger partial charge is 0.478 e. The third-order valence-corrected chi connectivity index (χ3v) is 4.22. The van der Waals surface area contributed by atoms with Gasteiger partial charge in [-0.05, 0) is 30.7 Å². The van der Waals surface area contributed by atoms with E-state index in [1.165, 1.54) is 31.2 Å². The maximum atomic E-state index is 12.2. The van der Waals surface area contributed by atoms with Crippen molar-refractivity contribution in [3.05, 3.63) is 51.8 Å². The smallest absolute Gasteiger partial charge is 0.335 e. The average Bonchev–Trinajstić information content (AvgIpc) is 2.41. The molecule has 0 amide bonds. The molecule has 0 aliphatic carbocycles. The van der Waals surface area contributed by atoms with E-state index in [2.05, 4.69) is 14.9 Å². The van der Waals surface area contributed by atoms with Crippen LogP contribution in [0.2, 0.25) is 0 Å². The van der Waals surface area contributed by atoms with Crippen LogP contribution in [0.5, 0.6) is 0 Å². The van der Waals surface area contributed by atoms with Crippen molar-refractivity contribution in [3.63, 3.8) is 0 Å². The van der Waals surface area contributed by atoms with Crippen molar-refractivity contribution >= 4 is 21.8 Å². The maximum absolute atomic E-state index is 12.2. The minimum Gasteiger partial charge on any atom is -0.478 e. The molecule has 0 fully saturated rings. The van der Waals surface area contributed by atoms with Gasteiger partial charge in [-0.25, -0.2) is 18.3 Å². The molecule has 3 N–H and O–H groups in total. The lowest BCUT2D eigenvalue weighted by Gasteiger charge is -2.10. The topological polar surface area (TPSA) is 129 Å². The van der Waals surface area contributed by atoms with Gasteiger partial charge in [0.2, 0.25) is 0 Å². The van der Waals surface area contributed by atoms with E-state index >= 15 is 0 Å². The Morgan fingerprint density at radius 3 is 2.57 bits per heavy atom. The van der Waals surface area contributed by atoms with Crippen LogP contribution in [0, 0.1) is 6.92 Å². The Bertz CT molecular complexity index is 837. The summed E-state index contributed by atoms with van der Waals surface area (Å²) in [6, 6.07) is 6.26. The van der Waals surface area contributed by atoms with E-state index in [1.807, 2.05) is 0 Å². The Hall–Kier alpha value is -2.68. The van der Waals surface area contributed by atoms with Gasteiger partial charge in [-0.15, -0.1) is 0 Å².